The monoisotopic (exact) mass is 397 g/mol. The van der Waals surface area contributed by atoms with Crippen molar-refractivity contribution in [1.82, 2.24) is 4.72 Å². The molecule has 0 aromatic heterocycles. The van der Waals surface area contributed by atoms with Crippen molar-refractivity contribution in [3.05, 3.63) is 58.6 Å². The van der Waals surface area contributed by atoms with Gasteiger partial charge in [0.2, 0.25) is 10.0 Å². The van der Waals surface area contributed by atoms with Crippen molar-refractivity contribution >= 4 is 26.0 Å². The summed E-state index contributed by atoms with van der Waals surface area (Å²) in [4.78, 5) is 0.268. The molecular formula is C17H20BrNO3S. The number of nitrogens with one attached hydrogen (secondary N) is 1. The summed E-state index contributed by atoms with van der Waals surface area (Å²) in [7, 11) is -3.50. The summed E-state index contributed by atoms with van der Waals surface area (Å²) < 4.78 is 33.4. The van der Waals surface area contributed by atoms with Gasteiger partial charge in [0, 0.05) is 11.0 Å². The van der Waals surface area contributed by atoms with Crippen LogP contribution in [0.5, 0.6) is 5.75 Å². The Morgan fingerprint density at radius 3 is 2.43 bits per heavy atom. The van der Waals surface area contributed by atoms with Crippen LogP contribution in [0.1, 0.15) is 25.3 Å². The van der Waals surface area contributed by atoms with Gasteiger partial charge in [0.25, 0.3) is 0 Å². The largest absolute Gasteiger partial charge is 0.492 e. The van der Waals surface area contributed by atoms with Crippen LogP contribution in [0.3, 0.4) is 0 Å². The molecule has 0 heterocycles. The molecule has 0 amide bonds. The van der Waals surface area contributed by atoms with Gasteiger partial charge in [0.15, 0.2) is 0 Å². The average Bonchev–Trinajstić information content (AvgIpc) is 2.52. The molecule has 4 nitrogen and oxygen atoms in total. The van der Waals surface area contributed by atoms with Gasteiger partial charge in [-0.05, 0) is 41.8 Å². The summed E-state index contributed by atoms with van der Waals surface area (Å²) >= 11 is 3.36. The van der Waals surface area contributed by atoms with Gasteiger partial charge in [-0.2, -0.15) is 0 Å². The second-order valence-corrected chi connectivity index (χ2v) is 8.11. The number of hydrogen-bond donors (Lipinski definition) is 1. The maximum atomic E-state index is 12.2. The number of benzene rings is 2. The van der Waals surface area contributed by atoms with E-state index in [1.165, 1.54) is 0 Å². The number of ether oxygens (including phenoxy) is 1. The van der Waals surface area contributed by atoms with E-state index in [-0.39, 0.29) is 18.0 Å². The molecule has 0 aliphatic heterocycles. The molecule has 2 aromatic rings. The Morgan fingerprint density at radius 2 is 1.83 bits per heavy atom. The average molecular weight is 398 g/mol. The highest BCUT2D eigenvalue weighted by atomic mass is 79.9. The minimum absolute atomic E-state index is 0.209. The third-order valence-corrected chi connectivity index (χ3v) is 5.29. The Hall–Kier alpha value is -1.37. The zero-order valence-electron chi connectivity index (χ0n) is 13.1. The maximum absolute atomic E-state index is 12.2. The van der Waals surface area contributed by atoms with Gasteiger partial charge in [-0.3, -0.25) is 0 Å². The molecule has 6 heteroatoms. The molecule has 0 atom stereocenters. The molecule has 2 aromatic carbocycles. The summed E-state index contributed by atoms with van der Waals surface area (Å²) in [6, 6.07) is 14.4. The first kappa shape index (κ1) is 18.0. The van der Waals surface area contributed by atoms with Crippen LogP contribution < -0.4 is 9.46 Å². The molecule has 0 spiro atoms. The SMILES string of the molecule is CC(C)c1ccc(S(=O)(=O)NCCOc2cccc(Br)c2)cc1. The topological polar surface area (TPSA) is 55.4 Å². The van der Waals surface area contributed by atoms with Crippen LogP contribution in [0, 0.1) is 0 Å². The Balaban J connectivity index is 1.88. The zero-order chi connectivity index (χ0) is 16.9. The molecule has 0 unspecified atom stereocenters. The maximum Gasteiger partial charge on any atom is 0.240 e. The highest BCUT2D eigenvalue weighted by molar-refractivity contribution is 9.10. The van der Waals surface area contributed by atoms with Gasteiger partial charge in [-0.1, -0.05) is 48.0 Å². The third-order valence-electron chi connectivity index (χ3n) is 3.32. The van der Waals surface area contributed by atoms with E-state index in [1.54, 1.807) is 12.1 Å². The first-order valence-corrected chi connectivity index (χ1v) is 9.64. The summed E-state index contributed by atoms with van der Waals surface area (Å²) in [6.07, 6.45) is 0. The van der Waals surface area contributed by atoms with E-state index >= 15 is 0 Å². The second kappa shape index (κ2) is 7.95. The van der Waals surface area contributed by atoms with Crippen molar-refractivity contribution in [2.75, 3.05) is 13.2 Å². The normalized spacial score (nSPS) is 11.7. The molecule has 0 radical (unpaired) electrons. The molecule has 0 bridgehead atoms. The first-order chi connectivity index (χ1) is 10.9. The van der Waals surface area contributed by atoms with E-state index < -0.39 is 10.0 Å². The Bertz CT molecular complexity index is 743. The molecule has 0 aliphatic rings. The summed E-state index contributed by atoms with van der Waals surface area (Å²) in [5, 5.41) is 0. The van der Waals surface area contributed by atoms with Gasteiger partial charge in [-0.25, -0.2) is 13.1 Å². The van der Waals surface area contributed by atoms with Crippen molar-refractivity contribution in [3.8, 4) is 5.75 Å². The molecule has 0 saturated carbocycles. The van der Waals surface area contributed by atoms with E-state index in [2.05, 4.69) is 34.5 Å². The molecule has 23 heavy (non-hydrogen) atoms. The standard InChI is InChI=1S/C17H20BrNO3S/c1-13(2)14-6-8-17(9-7-14)23(20,21)19-10-11-22-16-5-3-4-15(18)12-16/h3-9,12-13,19H,10-11H2,1-2H3. The highest BCUT2D eigenvalue weighted by Gasteiger charge is 2.13. The van der Waals surface area contributed by atoms with Crippen LogP contribution in [0.2, 0.25) is 0 Å². The quantitative estimate of drug-likeness (QED) is 0.719. The van der Waals surface area contributed by atoms with Crippen LogP contribution in [-0.2, 0) is 10.0 Å². The van der Waals surface area contributed by atoms with E-state index in [0.717, 1.165) is 10.0 Å². The number of hydrogen-bond acceptors (Lipinski definition) is 3. The molecule has 0 aliphatic carbocycles. The number of rotatable bonds is 7. The predicted octanol–water partition coefficient (Wildman–Crippen LogP) is 3.93. The Labute approximate surface area is 146 Å². The lowest BCUT2D eigenvalue weighted by Crippen LogP contribution is -2.28. The van der Waals surface area contributed by atoms with Crippen LogP contribution in [0.15, 0.2) is 57.9 Å². The molecule has 1 N–H and O–H groups in total. The predicted molar refractivity (Wildman–Crippen MR) is 95.4 cm³/mol. The molecule has 124 valence electrons. The van der Waals surface area contributed by atoms with Gasteiger partial charge >= 0.3 is 0 Å². The third kappa shape index (κ3) is 5.34. The zero-order valence-corrected chi connectivity index (χ0v) is 15.5. The van der Waals surface area contributed by atoms with Gasteiger partial charge in [-0.15, -0.1) is 0 Å². The van der Waals surface area contributed by atoms with Gasteiger partial charge < -0.3 is 4.74 Å². The number of sulfonamides is 1. The van der Waals surface area contributed by atoms with Crippen LogP contribution in [-0.4, -0.2) is 21.6 Å². The van der Waals surface area contributed by atoms with Crippen molar-refractivity contribution in [1.29, 1.82) is 0 Å². The molecular weight excluding hydrogens is 378 g/mol. The van der Waals surface area contributed by atoms with Crippen molar-refractivity contribution in [2.45, 2.75) is 24.7 Å². The lowest BCUT2D eigenvalue weighted by molar-refractivity contribution is 0.322. The summed E-state index contributed by atoms with van der Waals surface area (Å²) in [6.45, 7) is 4.61. The Morgan fingerprint density at radius 1 is 1.13 bits per heavy atom. The fourth-order valence-electron chi connectivity index (χ4n) is 2.02. The van der Waals surface area contributed by atoms with Crippen molar-refractivity contribution < 1.29 is 13.2 Å². The Kier molecular flexibility index (Phi) is 6.21. The number of halogens is 1. The van der Waals surface area contributed by atoms with E-state index in [4.69, 9.17) is 4.74 Å². The van der Waals surface area contributed by atoms with Gasteiger partial charge in [0.05, 0.1) is 4.90 Å². The van der Waals surface area contributed by atoms with Crippen LogP contribution >= 0.6 is 15.9 Å². The first-order valence-electron chi connectivity index (χ1n) is 7.36. The lowest BCUT2D eigenvalue weighted by atomic mass is 10.0. The minimum atomic E-state index is -3.50. The highest BCUT2D eigenvalue weighted by Crippen LogP contribution is 2.18. The van der Waals surface area contributed by atoms with Crippen LogP contribution in [0.4, 0.5) is 0 Å². The second-order valence-electron chi connectivity index (χ2n) is 5.43. The fraction of sp³-hybridized carbons (Fsp3) is 0.294. The smallest absolute Gasteiger partial charge is 0.240 e. The van der Waals surface area contributed by atoms with Crippen molar-refractivity contribution in [3.63, 3.8) is 0 Å². The lowest BCUT2D eigenvalue weighted by Gasteiger charge is -2.10. The molecule has 2 rings (SSSR count). The fourth-order valence-corrected chi connectivity index (χ4v) is 3.41. The van der Waals surface area contributed by atoms with Crippen LogP contribution in [0.25, 0.3) is 0 Å². The molecule has 0 saturated heterocycles. The molecule has 0 fully saturated rings. The van der Waals surface area contributed by atoms with Crippen molar-refractivity contribution in [2.24, 2.45) is 0 Å². The van der Waals surface area contributed by atoms with E-state index in [0.29, 0.717) is 11.7 Å². The minimum Gasteiger partial charge on any atom is -0.492 e. The van der Waals surface area contributed by atoms with Gasteiger partial charge in [0.1, 0.15) is 12.4 Å². The summed E-state index contributed by atoms with van der Waals surface area (Å²) in [5.74, 6) is 1.07. The van der Waals surface area contributed by atoms with E-state index in [9.17, 15) is 8.42 Å². The summed E-state index contributed by atoms with van der Waals surface area (Å²) in [5.41, 5.74) is 1.11. The van der Waals surface area contributed by atoms with E-state index in [1.807, 2.05) is 36.4 Å².